The molecule has 0 aliphatic carbocycles. The Morgan fingerprint density at radius 3 is 2.38 bits per heavy atom. The second-order valence-electron chi connectivity index (χ2n) is 4.70. The van der Waals surface area contributed by atoms with Gasteiger partial charge in [0.1, 0.15) is 4.90 Å². The number of aryl methyl sites for hydroxylation is 2. The molecule has 4 nitrogen and oxygen atoms in total. The van der Waals surface area contributed by atoms with Crippen molar-refractivity contribution >= 4 is 44.6 Å². The Kier molecular flexibility index (Phi) is 4.37. The molecule has 0 aliphatic rings. The molecule has 0 unspecified atom stereocenters. The van der Waals surface area contributed by atoms with Crippen LogP contribution in [0, 0.1) is 13.8 Å². The van der Waals surface area contributed by atoms with Crippen LogP contribution in [0.25, 0.3) is 0 Å². The fourth-order valence-corrected chi connectivity index (χ4v) is 3.72. The maximum Gasteiger partial charge on any atom is 0.263 e. The molecule has 0 bridgehead atoms. The summed E-state index contributed by atoms with van der Waals surface area (Å²) < 4.78 is 27.4. The predicted molar refractivity (Wildman–Crippen MR) is 87.6 cm³/mol. The average molecular weight is 345 g/mol. The van der Waals surface area contributed by atoms with E-state index in [1.807, 2.05) is 0 Å². The summed E-state index contributed by atoms with van der Waals surface area (Å²) in [5.41, 5.74) is 8.37. The number of nitrogens with one attached hydrogen (secondary N) is 1. The first-order chi connectivity index (χ1) is 9.70. The van der Waals surface area contributed by atoms with Crippen molar-refractivity contribution in [2.45, 2.75) is 18.7 Å². The Labute approximate surface area is 133 Å². The SMILES string of the molecule is Cc1cc(NS(=O)(=O)c2cc(Cl)ccc2Cl)c(C)cc1N. The molecular weight excluding hydrogens is 331 g/mol. The number of benzene rings is 2. The Morgan fingerprint density at radius 1 is 1.05 bits per heavy atom. The monoisotopic (exact) mass is 344 g/mol. The summed E-state index contributed by atoms with van der Waals surface area (Å²) in [7, 11) is -3.83. The van der Waals surface area contributed by atoms with Gasteiger partial charge in [-0.05, 0) is 55.3 Å². The molecule has 2 aromatic carbocycles. The van der Waals surface area contributed by atoms with Crippen molar-refractivity contribution in [1.29, 1.82) is 0 Å². The molecule has 21 heavy (non-hydrogen) atoms. The topological polar surface area (TPSA) is 72.2 Å². The van der Waals surface area contributed by atoms with Crippen LogP contribution in [0.3, 0.4) is 0 Å². The lowest BCUT2D eigenvalue weighted by Crippen LogP contribution is -2.14. The number of rotatable bonds is 3. The fraction of sp³-hybridized carbons (Fsp3) is 0.143. The molecule has 0 heterocycles. The van der Waals surface area contributed by atoms with E-state index < -0.39 is 10.0 Å². The molecule has 0 amide bonds. The number of hydrogen-bond donors (Lipinski definition) is 2. The maximum absolute atomic E-state index is 12.4. The minimum atomic E-state index is -3.83. The predicted octanol–water partition coefficient (Wildman–Crippen LogP) is 3.99. The zero-order valence-electron chi connectivity index (χ0n) is 11.4. The van der Waals surface area contributed by atoms with Crippen LogP contribution < -0.4 is 10.5 Å². The molecule has 112 valence electrons. The Morgan fingerprint density at radius 2 is 1.71 bits per heavy atom. The van der Waals surface area contributed by atoms with E-state index in [0.29, 0.717) is 16.4 Å². The second-order valence-corrected chi connectivity index (χ2v) is 7.20. The highest BCUT2D eigenvalue weighted by Crippen LogP contribution is 2.29. The van der Waals surface area contributed by atoms with Crippen LogP contribution in [0.2, 0.25) is 10.0 Å². The zero-order chi connectivity index (χ0) is 15.8. The van der Waals surface area contributed by atoms with E-state index in [1.54, 1.807) is 26.0 Å². The van der Waals surface area contributed by atoms with Crippen LogP contribution in [0.1, 0.15) is 11.1 Å². The van der Waals surface area contributed by atoms with Crippen LogP contribution in [-0.4, -0.2) is 8.42 Å². The molecule has 0 aliphatic heterocycles. The molecule has 3 N–H and O–H groups in total. The van der Waals surface area contributed by atoms with Crippen LogP contribution in [-0.2, 0) is 10.0 Å². The van der Waals surface area contributed by atoms with Gasteiger partial charge in [0.25, 0.3) is 10.0 Å². The molecule has 0 radical (unpaired) electrons. The number of hydrogen-bond acceptors (Lipinski definition) is 3. The highest BCUT2D eigenvalue weighted by Gasteiger charge is 2.19. The van der Waals surface area contributed by atoms with E-state index in [-0.39, 0.29) is 9.92 Å². The van der Waals surface area contributed by atoms with Gasteiger partial charge in [0.15, 0.2) is 0 Å². The summed E-state index contributed by atoms with van der Waals surface area (Å²) in [5, 5.41) is 0.404. The van der Waals surface area contributed by atoms with Crippen molar-refractivity contribution in [2.24, 2.45) is 0 Å². The normalized spacial score (nSPS) is 11.4. The van der Waals surface area contributed by atoms with Crippen LogP contribution in [0.5, 0.6) is 0 Å². The summed E-state index contributed by atoms with van der Waals surface area (Å²) in [6.07, 6.45) is 0. The van der Waals surface area contributed by atoms with Crippen molar-refractivity contribution < 1.29 is 8.42 Å². The molecule has 2 aromatic rings. The van der Waals surface area contributed by atoms with Gasteiger partial charge in [-0.3, -0.25) is 4.72 Å². The molecule has 0 saturated heterocycles. The van der Waals surface area contributed by atoms with E-state index >= 15 is 0 Å². The molecule has 0 saturated carbocycles. The van der Waals surface area contributed by atoms with Gasteiger partial charge in [0, 0.05) is 10.7 Å². The van der Waals surface area contributed by atoms with E-state index in [2.05, 4.69) is 4.72 Å². The number of nitrogen functional groups attached to an aromatic ring is 1. The van der Waals surface area contributed by atoms with Gasteiger partial charge in [-0.1, -0.05) is 23.2 Å². The summed E-state index contributed by atoms with van der Waals surface area (Å²) in [4.78, 5) is -0.0643. The van der Waals surface area contributed by atoms with E-state index in [0.717, 1.165) is 11.1 Å². The van der Waals surface area contributed by atoms with Gasteiger partial charge in [0.2, 0.25) is 0 Å². The quantitative estimate of drug-likeness (QED) is 0.826. The van der Waals surface area contributed by atoms with Gasteiger partial charge in [-0.15, -0.1) is 0 Å². The summed E-state index contributed by atoms with van der Waals surface area (Å²) >= 11 is 11.8. The number of anilines is 2. The van der Waals surface area contributed by atoms with E-state index in [9.17, 15) is 8.42 Å². The van der Waals surface area contributed by atoms with Gasteiger partial charge < -0.3 is 5.73 Å². The van der Waals surface area contributed by atoms with Crippen LogP contribution in [0.4, 0.5) is 11.4 Å². The van der Waals surface area contributed by atoms with Gasteiger partial charge in [-0.25, -0.2) is 8.42 Å². The van der Waals surface area contributed by atoms with Crippen LogP contribution in [0.15, 0.2) is 35.2 Å². The average Bonchev–Trinajstić information content (AvgIpc) is 2.38. The van der Waals surface area contributed by atoms with Gasteiger partial charge in [-0.2, -0.15) is 0 Å². The van der Waals surface area contributed by atoms with Crippen molar-refractivity contribution in [2.75, 3.05) is 10.5 Å². The Balaban J connectivity index is 2.47. The highest BCUT2D eigenvalue weighted by atomic mass is 35.5. The number of halogens is 2. The zero-order valence-corrected chi connectivity index (χ0v) is 13.8. The third-order valence-corrected chi connectivity index (χ3v) is 5.12. The smallest absolute Gasteiger partial charge is 0.263 e. The van der Waals surface area contributed by atoms with E-state index in [1.165, 1.54) is 18.2 Å². The van der Waals surface area contributed by atoms with Crippen LogP contribution >= 0.6 is 23.2 Å². The first-order valence-electron chi connectivity index (χ1n) is 6.05. The first kappa shape index (κ1) is 15.9. The van der Waals surface area contributed by atoms with Crippen molar-refractivity contribution in [3.05, 3.63) is 51.5 Å². The maximum atomic E-state index is 12.4. The van der Waals surface area contributed by atoms with Crippen molar-refractivity contribution in [1.82, 2.24) is 0 Å². The van der Waals surface area contributed by atoms with E-state index in [4.69, 9.17) is 28.9 Å². The Hall–Kier alpha value is -1.43. The molecule has 7 heteroatoms. The highest BCUT2D eigenvalue weighted by molar-refractivity contribution is 7.92. The second kappa shape index (κ2) is 5.75. The molecule has 2 rings (SSSR count). The minimum Gasteiger partial charge on any atom is -0.399 e. The molecule has 0 aromatic heterocycles. The van der Waals surface area contributed by atoms with Crippen molar-refractivity contribution in [3.63, 3.8) is 0 Å². The summed E-state index contributed by atoms with van der Waals surface area (Å²) in [5.74, 6) is 0. The standard InChI is InChI=1S/C14H14Cl2N2O2S/c1-8-6-13(9(2)5-12(8)17)18-21(19,20)14-7-10(15)3-4-11(14)16/h3-7,18H,17H2,1-2H3. The largest absolute Gasteiger partial charge is 0.399 e. The third-order valence-electron chi connectivity index (χ3n) is 3.04. The summed E-state index contributed by atoms with van der Waals surface area (Å²) in [6.45, 7) is 3.58. The number of nitrogens with two attached hydrogens (primary N) is 1. The summed E-state index contributed by atoms with van der Waals surface area (Å²) in [6, 6.07) is 7.68. The lowest BCUT2D eigenvalue weighted by molar-refractivity contribution is 0.601. The van der Waals surface area contributed by atoms with Gasteiger partial charge >= 0.3 is 0 Å². The van der Waals surface area contributed by atoms with Gasteiger partial charge in [0.05, 0.1) is 10.7 Å². The molecule has 0 spiro atoms. The lowest BCUT2D eigenvalue weighted by atomic mass is 10.1. The third kappa shape index (κ3) is 3.43. The lowest BCUT2D eigenvalue weighted by Gasteiger charge is -2.13. The fourth-order valence-electron chi connectivity index (χ4n) is 1.83. The minimum absolute atomic E-state index is 0.0643. The molecule has 0 atom stereocenters. The Bertz CT molecular complexity index is 805. The molecular formula is C14H14Cl2N2O2S. The molecule has 0 fully saturated rings. The number of sulfonamides is 1. The van der Waals surface area contributed by atoms with Crippen molar-refractivity contribution in [3.8, 4) is 0 Å². The first-order valence-corrected chi connectivity index (χ1v) is 8.29.